The largest absolute Gasteiger partial charge is 0.481 e. The van der Waals surface area contributed by atoms with E-state index in [-0.39, 0.29) is 5.92 Å². The Labute approximate surface area is 92.3 Å². The predicted octanol–water partition coefficient (Wildman–Crippen LogP) is 2.27. The first-order valence-electron chi connectivity index (χ1n) is 5.87. The quantitative estimate of drug-likeness (QED) is 0.753. The van der Waals surface area contributed by atoms with Crippen molar-refractivity contribution in [2.24, 2.45) is 11.3 Å². The van der Waals surface area contributed by atoms with Crippen LogP contribution in [0.15, 0.2) is 0 Å². The van der Waals surface area contributed by atoms with Crippen molar-refractivity contribution in [1.82, 2.24) is 5.32 Å². The first-order chi connectivity index (χ1) is 6.91. The standard InChI is InChI=1S/C12H23NO2/c1-9(11(14)15)8-13-10-4-6-12(2,3)7-5-10/h9-10,13H,4-8H2,1-3H3,(H,14,15). The fourth-order valence-electron chi connectivity index (χ4n) is 2.03. The van der Waals surface area contributed by atoms with Gasteiger partial charge in [-0.05, 0) is 31.1 Å². The summed E-state index contributed by atoms with van der Waals surface area (Å²) in [7, 11) is 0. The summed E-state index contributed by atoms with van der Waals surface area (Å²) in [4.78, 5) is 10.6. The lowest BCUT2D eigenvalue weighted by atomic mass is 9.75. The molecule has 0 aromatic heterocycles. The summed E-state index contributed by atoms with van der Waals surface area (Å²) in [5.74, 6) is -0.987. The predicted molar refractivity (Wildman–Crippen MR) is 60.8 cm³/mol. The van der Waals surface area contributed by atoms with Crippen LogP contribution in [0, 0.1) is 11.3 Å². The normalized spacial score (nSPS) is 23.7. The van der Waals surface area contributed by atoms with Crippen molar-refractivity contribution in [3.8, 4) is 0 Å². The Morgan fingerprint density at radius 3 is 2.47 bits per heavy atom. The maximum atomic E-state index is 10.6. The Balaban J connectivity index is 2.22. The van der Waals surface area contributed by atoms with Gasteiger partial charge in [0, 0.05) is 12.6 Å². The van der Waals surface area contributed by atoms with Gasteiger partial charge in [-0.1, -0.05) is 20.8 Å². The van der Waals surface area contributed by atoms with E-state index < -0.39 is 5.97 Å². The molecule has 0 spiro atoms. The van der Waals surface area contributed by atoms with Crippen LogP contribution in [0.3, 0.4) is 0 Å². The van der Waals surface area contributed by atoms with E-state index in [0.717, 1.165) is 0 Å². The van der Waals surface area contributed by atoms with Gasteiger partial charge < -0.3 is 10.4 Å². The number of rotatable bonds is 4. The minimum Gasteiger partial charge on any atom is -0.481 e. The second-order valence-electron chi connectivity index (χ2n) is 5.59. The molecule has 0 aromatic carbocycles. The van der Waals surface area contributed by atoms with Gasteiger partial charge in [0.15, 0.2) is 0 Å². The lowest BCUT2D eigenvalue weighted by Crippen LogP contribution is -2.39. The molecule has 1 rings (SSSR count). The fraction of sp³-hybridized carbons (Fsp3) is 0.917. The van der Waals surface area contributed by atoms with Crippen LogP contribution in [-0.2, 0) is 4.79 Å². The Hall–Kier alpha value is -0.570. The molecule has 0 aliphatic heterocycles. The molecule has 1 atom stereocenters. The molecule has 0 aromatic rings. The molecule has 1 fully saturated rings. The molecule has 3 heteroatoms. The lowest BCUT2D eigenvalue weighted by molar-refractivity contribution is -0.141. The molecule has 0 radical (unpaired) electrons. The maximum absolute atomic E-state index is 10.6. The van der Waals surface area contributed by atoms with Gasteiger partial charge in [0.05, 0.1) is 5.92 Å². The van der Waals surface area contributed by atoms with Crippen LogP contribution in [0.2, 0.25) is 0 Å². The van der Waals surface area contributed by atoms with E-state index in [0.29, 0.717) is 18.0 Å². The molecular weight excluding hydrogens is 190 g/mol. The Morgan fingerprint density at radius 2 is 2.00 bits per heavy atom. The second kappa shape index (κ2) is 4.97. The molecule has 1 aliphatic rings. The molecule has 0 saturated heterocycles. The zero-order valence-electron chi connectivity index (χ0n) is 10.0. The van der Waals surface area contributed by atoms with Crippen molar-refractivity contribution in [3.63, 3.8) is 0 Å². The number of aliphatic carboxylic acids is 1. The average molecular weight is 213 g/mol. The molecule has 1 unspecified atom stereocenters. The van der Waals surface area contributed by atoms with Crippen LogP contribution in [-0.4, -0.2) is 23.7 Å². The number of nitrogens with one attached hydrogen (secondary N) is 1. The first kappa shape index (κ1) is 12.5. The summed E-state index contributed by atoms with van der Waals surface area (Å²) < 4.78 is 0. The molecule has 1 aliphatic carbocycles. The van der Waals surface area contributed by atoms with Gasteiger partial charge in [0.25, 0.3) is 0 Å². The van der Waals surface area contributed by atoms with Crippen molar-refractivity contribution >= 4 is 5.97 Å². The van der Waals surface area contributed by atoms with Crippen molar-refractivity contribution in [2.45, 2.75) is 52.5 Å². The third kappa shape index (κ3) is 4.20. The summed E-state index contributed by atoms with van der Waals surface area (Å²) in [6.45, 7) is 6.97. The number of carboxylic acids is 1. The van der Waals surface area contributed by atoms with Gasteiger partial charge in [-0.3, -0.25) is 4.79 Å². The van der Waals surface area contributed by atoms with Crippen molar-refractivity contribution < 1.29 is 9.90 Å². The maximum Gasteiger partial charge on any atom is 0.307 e. The number of carboxylic acid groups (broad SMARTS) is 1. The molecule has 15 heavy (non-hydrogen) atoms. The van der Waals surface area contributed by atoms with Crippen LogP contribution < -0.4 is 5.32 Å². The van der Waals surface area contributed by atoms with Gasteiger partial charge in [0.1, 0.15) is 0 Å². The molecule has 1 saturated carbocycles. The van der Waals surface area contributed by atoms with Gasteiger partial charge >= 0.3 is 5.97 Å². The molecule has 0 bridgehead atoms. The second-order valence-corrected chi connectivity index (χ2v) is 5.59. The van der Waals surface area contributed by atoms with Crippen LogP contribution >= 0.6 is 0 Å². The fourth-order valence-corrected chi connectivity index (χ4v) is 2.03. The Kier molecular flexibility index (Phi) is 4.14. The van der Waals surface area contributed by atoms with E-state index in [9.17, 15) is 4.79 Å². The molecule has 3 nitrogen and oxygen atoms in total. The summed E-state index contributed by atoms with van der Waals surface area (Å²) in [6.07, 6.45) is 4.84. The highest BCUT2D eigenvalue weighted by Gasteiger charge is 2.26. The summed E-state index contributed by atoms with van der Waals surface area (Å²) >= 11 is 0. The third-order valence-electron chi connectivity index (χ3n) is 3.47. The van der Waals surface area contributed by atoms with Crippen LogP contribution in [0.25, 0.3) is 0 Å². The molecular formula is C12H23NO2. The minimum atomic E-state index is -0.710. The number of hydrogen-bond acceptors (Lipinski definition) is 2. The SMILES string of the molecule is CC(CNC1CCC(C)(C)CC1)C(=O)O. The van der Waals surface area contributed by atoms with Gasteiger partial charge in [-0.15, -0.1) is 0 Å². The van der Waals surface area contributed by atoms with Gasteiger partial charge in [-0.2, -0.15) is 0 Å². The van der Waals surface area contributed by atoms with Crippen LogP contribution in [0.4, 0.5) is 0 Å². The van der Waals surface area contributed by atoms with E-state index in [1.165, 1.54) is 25.7 Å². The average Bonchev–Trinajstić information content (AvgIpc) is 2.15. The lowest BCUT2D eigenvalue weighted by Gasteiger charge is -2.35. The minimum absolute atomic E-state index is 0.278. The highest BCUT2D eigenvalue weighted by molar-refractivity contribution is 5.69. The topological polar surface area (TPSA) is 49.3 Å². The van der Waals surface area contributed by atoms with E-state index >= 15 is 0 Å². The van der Waals surface area contributed by atoms with Crippen molar-refractivity contribution in [2.75, 3.05) is 6.54 Å². The van der Waals surface area contributed by atoms with E-state index in [4.69, 9.17) is 5.11 Å². The summed E-state index contributed by atoms with van der Waals surface area (Å²) in [6, 6.07) is 0.528. The van der Waals surface area contributed by atoms with Gasteiger partial charge in [0.2, 0.25) is 0 Å². The van der Waals surface area contributed by atoms with Crippen LogP contribution in [0.1, 0.15) is 46.5 Å². The van der Waals surface area contributed by atoms with E-state index in [1.54, 1.807) is 6.92 Å². The van der Waals surface area contributed by atoms with Crippen molar-refractivity contribution in [3.05, 3.63) is 0 Å². The van der Waals surface area contributed by atoms with E-state index in [2.05, 4.69) is 19.2 Å². The zero-order valence-corrected chi connectivity index (χ0v) is 10.0. The highest BCUT2D eigenvalue weighted by Crippen LogP contribution is 2.34. The highest BCUT2D eigenvalue weighted by atomic mass is 16.4. The third-order valence-corrected chi connectivity index (χ3v) is 3.47. The number of carbonyl (C=O) groups is 1. The Bertz CT molecular complexity index is 216. The smallest absolute Gasteiger partial charge is 0.307 e. The molecule has 2 N–H and O–H groups in total. The van der Waals surface area contributed by atoms with Crippen LogP contribution in [0.5, 0.6) is 0 Å². The summed E-state index contributed by atoms with van der Waals surface area (Å²) in [5, 5.41) is 12.1. The first-order valence-corrected chi connectivity index (χ1v) is 5.87. The van der Waals surface area contributed by atoms with Gasteiger partial charge in [-0.25, -0.2) is 0 Å². The molecule has 88 valence electrons. The summed E-state index contributed by atoms with van der Waals surface area (Å²) in [5.41, 5.74) is 0.483. The monoisotopic (exact) mass is 213 g/mol. The van der Waals surface area contributed by atoms with Crippen molar-refractivity contribution in [1.29, 1.82) is 0 Å². The Morgan fingerprint density at radius 1 is 1.47 bits per heavy atom. The molecule has 0 heterocycles. The number of hydrogen-bond donors (Lipinski definition) is 2. The van der Waals surface area contributed by atoms with E-state index in [1.807, 2.05) is 0 Å². The zero-order chi connectivity index (χ0) is 11.5. The molecule has 0 amide bonds.